The summed E-state index contributed by atoms with van der Waals surface area (Å²) in [7, 11) is 0. The summed E-state index contributed by atoms with van der Waals surface area (Å²) in [6.45, 7) is 0. The Balaban J connectivity index is 0.000000230. The van der Waals surface area contributed by atoms with Gasteiger partial charge in [-0.1, -0.05) is 96.5 Å². The van der Waals surface area contributed by atoms with Crippen molar-refractivity contribution >= 4 is 109 Å². The van der Waals surface area contributed by atoms with E-state index in [4.69, 9.17) is 26.9 Å². The number of nitriles is 2. The van der Waals surface area contributed by atoms with Gasteiger partial charge in [0.15, 0.2) is 23.1 Å². The number of urea groups is 5. The third kappa shape index (κ3) is 20.7. The van der Waals surface area contributed by atoms with Crippen molar-refractivity contribution in [1.82, 2.24) is 0 Å². The quantitative estimate of drug-likeness (QED) is 0.0363. The molecule has 0 fully saturated rings. The molecule has 0 bridgehead atoms. The molecular weight excluding hydrogens is 1150 g/mol. The fraction of sp³-hybridized carbons (Fsp3) is 0. The average Bonchev–Trinajstić information content (AvgIpc) is 3.47. The third-order valence-electron chi connectivity index (χ3n) is 9.80. The van der Waals surface area contributed by atoms with Crippen molar-refractivity contribution in [2.24, 2.45) is 11.5 Å². The number of nitrogens with zero attached hydrogens (tertiary/aromatic N) is 3. The first-order valence-electron chi connectivity index (χ1n) is 23.0. The van der Waals surface area contributed by atoms with Gasteiger partial charge in [-0.2, -0.15) is 10.5 Å². The summed E-state index contributed by atoms with van der Waals surface area (Å²) in [4.78, 5) is 65.9. The van der Waals surface area contributed by atoms with Crippen LogP contribution in [0.5, 0.6) is 23.0 Å². The third-order valence-corrected chi connectivity index (χ3v) is 10.8. The van der Waals surface area contributed by atoms with Gasteiger partial charge in [-0.25, -0.2) is 28.4 Å². The molecule has 0 aliphatic carbocycles. The van der Waals surface area contributed by atoms with Gasteiger partial charge in [-0.15, -0.1) is 0 Å². The zero-order valence-corrected chi connectivity index (χ0v) is 44.4. The number of carbonyl (C=O) groups is 5. The molecular formula is C55H46BrClFN13O11. The minimum atomic E-state index is -0.833. The van der Waals surface area contributed by atoms with Gasteiger partial charge in [-0.05, 0) is 107 Å². The summed E-state index contributed by atoms with van der Waals surface area (Å²) in [6, 6.07) is 49.2. The average molecular weight is 1200 g/mol. The van der Waals surface area contributed by atoms with Crippen LogP contribution in [0.4, 0.5) is 79.5 Å². The number of rotatable bonds is 9. The zero-order valence-electron chi connectivity index (χ0n) is 42.1. The number of benzene rings is 8. The van der Waals surface area contributed by atoms with Gasteiger partial charge < -0.3 is 74.4 Å². The van der Waals surface area contributed by atoms with Crippen LogP contribution in [0, 0.1) is 38.6 Å². The van der Waals surface area contributed by atoms with Crippen LogP contribution in [0.1, 0.15) is 11.1 Å². The van der Waals surface area contributed by atoms with Crippen molar-refractivity contribution in [2.75, 3.05) is 42.5 Å². The van der Waals surface area contributed by atoms with Crippen LogP contribution >= 0.6 is 27.5 Å². The molecule has 82 heavy (non-hydrogen) atoms. The van der Waals surface area contributed by atoms with Gasteiger partial charge in [-0.3, -0.25) is 10.1 Å². The standard InChI is InChI=1S/C14H9BrClN3O2.C14H11N3O2.C13H11FN2O2.C13H11N3O4.CH4N2O/c15-9-3-1-2-4-11(9)18-14(21)19-12-6-5-10(16)8(7-17)13(12)20;15-9-10-5-4-8-12(13(10)18)17-14(19)16-11-6-2-1-3-7-11;14-10-7-4-8-11(12(10)17)16-13(18)15-9-5-2-1-3-6-9;17-12-10(7-4-8-11(12)16(19)20)15-13(18)14-9-5-2-1-3-6-9;2-1(3)4/h1-6,20H,(H2,18,19,21);1-8,18H,(H2,16,17,19);1-8,17H,(H2,15,16,18);1-8,17H,(H2,14,15,18);(H4,2,3,4). The molecule has 0 radical (unpaired) electrons. The van der Waals surface area contributed by atoms with Crippen LogP contribution in [-0.4, -0.2) is 55.5 Å². The number of phenols is 4. The van der Waals surface area contributed by atoms with Crippen LogP contribution in [0.2, 0.25) is 5.02 Å². The second-order valence-electron chi connectivity index (χ2n) is 15.6. The lowest BCUT2D eigenvalue weighted by molar-refractivity contribution is -0.385. The van der Waals surface area contributed by atoms with E-state index in [1.54, 1.807) is 109 Å². The lowest BCUT2D eigenvalue weighted by Crippen LogP contribution is -2.19. The molecule has 0 saturated heterocycles. The summed E-state index contributed by atoms with van der Waals surface area (Å²) in [6.07, 6.45) is 0. The molecule has 10 amide bonds. The first-order valence-corrected chi connectivity index (χ1v) is 24.2. The topological polar surface area (TPSA) is 405 Å². The maximum atomic E-state index is 13.0. The number of nitro groups is 1. The number of anilines is 8. The highest BCUT2D eigenvalue weighted by atomic mass is 79.9. The minimum Gasteiger partial charge on any atom is -0.504 e. The van der Waals surface area contributed by atoms with E-state index < -0.39 is 58.1 Å². The molecule has 0 atom stereocenters. The largest absolute Gasteiger partial charge is 0.504 e. The Morgan fingerprint density at radius 3 is 1.28 bits per heavy atom. The fourth-order valence-electron chi connectivity index (χ4n) is 6.16. The molecule has 24 nitrogen and oxygen atoms in total. The molecule has 27 heteroatoms. The number of nitro benzene ring substituents is 1. The normalized spacial score (nSPS) is 9.52. The predicted octanol–water partition coefficient (Wildman–Crippen LogP) is 12.4. The highest BCUT2D eigenvalue weighted by molar-refractivity contribution is 9.10. The minimum absolute atomic E-state index is 0.0171. The Labute approximate surface area is 478 Å². The molecule has 8 aromatic carbocycles. The van der Waals surface area contributed by atoms with Crippen molar-refractivity contribution in [3.63, 3.8) is 0 Å². The van der Waals surface area contributed by atoms with E-state index >= 15 is 0 Å². The molecule has 16 N–H and O–H groups in total. The number of primary amides is 2. The maximum Gasteiger partial charge on any atom is 0.323 e. The summed E-state index contributed by atoms with van der Waals surface area (Å²) in [5, 5.41) is 87.1. The van der Waals surface area contributed by atoms with Crippen LogP contribution in [-0.2, 0) is 0 Å². The van der Waals surface area contributed by atoms with Crippen molar-refractivity contribution in [3.05, 3.63) is 219 Å². The summed E-state index contributed by atoms with van der Waals surface area (Å²) < 4.78 is 13.8. The van der Waals surface area contributed by atoms with Crippen LogP contribution in [0.25, 0.3) is 0 Å². The van der Waals surface area contributed by atoms with E-state index in [2.05, 4.69) is 69.9 Å². The SMILES string of the molecule is N#Cc1c(Cl)ccc(NC(=O)Nc2ccccc2Br)c1O.N#Cc1cccc(NC(=O)Nc2ccccc2)c1O.NC(N)=O.O=C(Nc1ccccc1)Nc1cccc(F)c1O.O=C(Nc1ccccc1)Nc1cccc([N+](=O)[O-])c1O. The highest BCUT2D eigenvalue weighted by Gasteiger charge is 2.18. The molecule has 0 heterocycles. The Morgan fingerprint density at radius 1 is 0.476 bits per heavy atom. The second kappa shape index (κ2) is 32.2. The number of nitrogens with one attached hydrogen (secondary N) is 8. The van der Waals surface area contributed by atoms with Crippen molar-refractivity contribution in [3.8, 4) is 35.1 Å². The number of hydrogen-bond acceptors (Lipinski definition) is 13. The Kier molecular flexibility index (Phi) is 24.7. The van der Waals surface area contributed by atoms with Crippen molar-refractivity contribution in [1.29, 1.82) is 10.5 Å². The Bertz CT molecular complexity index is 3620. The number of carbonyl (C=O) groups excluding carboxylic acids is 5. The van der Waals surface area contributed by atoms with Gasteiger partial charge in [0, 0.05) is 27.6 Å². The number of phenolic OH excluding ortho intramolecular Hbond substituents is 4. The molecule has 8 aromatic rings. The Hall–Kier alpha value is -11.6. The highest BCUT2D eigenvalue weighted by Crippen LogP contribution is 2.35. The smallest absolute Gasteiger partial charge is 0.323 e. The van der Waals surface area contributed by atoms with Crippen LogP contribution in [0.15, 0.2) is 186 Å². The van der Waals surface area contributed by atoms with Crippen LogP contribution in [0.3, 0.4) is 0 Å². The number of aromatic hydroxyl groups is 4. The fourth-order valence-corrected chi connectivity index (χ4v) is 6.74. The summed E-state index contributed by atoms with van der Waals surface area (Å²) >= 11 is 9.08. The number of amides is 10. The van der Waals surface area contributed by atoms with Crippen molar-refractivity contribution in [2.45, 2.75) is 0 Å². The predicted molar refractivity (Wildman–Crippen MR) is 311 cm³/mol. The number of halogens is 3. The monoisotopic (exact) mass is 1200 g/mol. The van der Waals surface area contributed by atoms with E-state index in [9.17, 15) is 54.1 Å². The summed E-state index contributed by atoms with van der Waals surface area (Å²) in [5.41, 5.74) is 10.7. The van der Waals surface area contributed by atoms with E-state index in [0.717, 1.165) is 16.6 Å². The molecule has 0 spiro atoms. The zero-order chi connectivity index (χ0) is 60.1. The van der Waals surface area contributed by atoms with Crippen LogP contribution < -0.4 is 54.0 Å². The maximum absolute atomic E-state index is 13.0. The van der Waals surface area contributed by atoms with E-state index in [0.29, 0.717) is 22.7 Å². The molecule has 8 rings (SSSR count). The number of hydrogen-bond donors (Lipinski definition) is 14. The molecule has 0 aromatic heterocycles. The van der Waals surface area contributed by atoms with E-state index in [1.807, 2.05) is 24.3 Å². The molecule has 0 saturated carbocycles. The molecule has 0 aliphatic rings. The van der Waals surface area contributed by atoms with Gasteiger partial charge in [0.2, 0.25) is 5.75 Å². The van der Waals surface area contributed by atoms with Crippen molar-refractivity contribution < 1.29 is 53.7 Å². The van der Waals surface area contributed by atoms with E-state index in [1.165, 1.54) is 48.5 Å². The van der Waals surface area contributed by atoms with Gasteiger partial charge in [0.25, 0.3) is 0 Å². The van der Waals surface area contributed by atoms with Gasteiger partial charge >= 0.3 is 35.8 Å². The first kappa shape index (κ1) is 62.9. The van der Waals surface area contributed by atoms with Gasteiger partial charge in [0.1, 0.15) is 17.7 Å². The second-order valence-corrected chi connectivity index (χ2v) is 16.9. The first-order chi connectivity index (χ1) is 39.2. The molecule has 0 aliphatic heterocycles. The number of para-hydroxylation sites is 7. The number of nitrogens with two attached hydrogens (primary N) is 2. The molecule has 418 valence electrons. The lowest BCUT2D eigenvalue weighted by Gasteiger charge is -2.11. The molecule has 0 unspecified atom stereocenters. The lowest BCUT2D eigenvalue weighted by atomic mass is 10.2. The van der Waals surface area contributed by atoms with Gasteiger partial charge in [0.05, 0.1) is 43.9 Å². The summed E-state index contributed by atoms with van der Waals surface area (Å²) in [5.74, 6) is -2.56. The Morgan fingerprint density at radius 2 is 0.841 bits per heavy atom. The van der Waals surface area contributed by atoms with E-state index in [-0.39, 0.29) is 50.4 Å².